The van der Waals surface area contributed by atoms with Gasteiger partial charge in [0, 0.05) is 0 Å². The molecule has 0 amide bonds. The van der Waals surface area contributed by atoms with Crippen molar-refractivity contribution in [2.45, 2.75) is 28.2 Å². The molecule has 0 aromatic carbocycles. The Bertz CT molecular complexity index is 1070. The van der Waals surface area contributed by atoms with Crippen molar-refractivity contribution < 1.29 is 39.6 Å². The maximum absolute atomic E-state index is 11.3. The van der Waals surface area contributed by atoms with Crippen LogP contribution in [-0.4, -0.2) is 72.5 Å². The molecule has 8 atom stereocenters. The number of alkyl halides is 8. The minimum Gasteiger partial charge on any atom is -0.481 e. The molecule has 0 spiro atoms. The van der Waals surface area contributed by atoms with Gasteiger partial charge in [0.25, 0.3) is 0 Å². The molecular weight excluding hydrogens is 770 g/mol. The first-order valence-electron chi connectivity index (χ1n) is 9.45. The zero-order valence-electron chi connectivity index (χ0n) is 17.3. The van der Waals surface area contributed by atoms with Gasteiger partial charge in [-0.2, -0.15) is 0 Å². The smallest absolute Gasteiger partial charge is 0.309 e. The van der Waals surface area contributed by atoms with Crippen LogP contribution in [0, 0.1) is 23.7 Å². The van der Waals surface area contributed by atoms with Crippen LogP contribution in [-0.2, 0) is 19.2 Å². The first-order valence-corrected chi connectivity index (χ1v) is 14.0. The Morgan fingerprint density at radius 3 is 0.658 bits per heavy atom. The molecule has 0 unspecified atom stereocenters. The van der Waals surface area contributed by atoms with Gasteiger partial charge in [-0.3, -0.25) is 19.2 Å². The normalized spacial score (nSPS) is 43.7. The molecule has 0 saturated heterocycles. The molecule has 0 aromatic heterocycles. The van der Waals surface area contributed by atoms with E-state index in [1.54, 1.807) is 0 Å². The zero-order valence-corrected chi connectivity index (χ0v) is 26.3. The number of halogens is 12. The van der Waals surface area contributed by atoms with E-state index in [1.165, 1.54) is 0 Å². The summed E-state index contributed by atoms with van der Waals surface area (Å²) in [5, 5.41) is 35.5. The summed E-state index contributed by atoms with van der Waals surface area (Å²) >= 11 is 72.4. The second-order valence-corrected chi connectivity index (χ2v) is 15.1. The molecule has 4 bridgehead atoms. The standard InChI is InChI=1S/2C9H4Cl6O4/c2*10-3-4(11)8(13)2(6(18)19)1(5(16)17)7(3,12)9(8,14)15/h2*1-2H,(H,16,17)(H,18,19)/t2*1-,2+,7+,8-. The maximum atomic E-state index is 11.3. The fraction of sp³-hybridized carbons (Fsp3) is 0.556. The molecule has 4 N–H and O–H groups in total. The highest BCUT2D eigenvalue weighted by atomic mass is 35.5. The van der Waals surface area contributed by atoms with Gasteiger partial charge in [0.1, 0.15) is 19.5 Å². The van der Waals surface area contributed by atoms with E-state index in [0.717, 1.165) is 0 Å². The number of allylic oxidation sites excluding steroid dienone is 4. The molecule has 0 aromatic rings. The SMILES string of the molecule is O=C(O)[C@@H]1[C@H](C(=O)O)[C@]2(Cl)C(Cl)=C(Cl)[C@@]1(Cl)C2(Cl)Cl.O=C(O)[C@@H]1[C@H](C(=O)O)[C@]2(Cl)C(Cl)=C(Cl)[C@@]1(Cl)C2(Cl)Cl. The molecule has 38 heavy (non-hydrogen) atoms. The largest absolute Gasteiger partial charge is 0.481 e. The molecule has 0 heterocycles. The predicted molar refractivity (Wildman–Crippen MR) is 145 cm³/mol. The molecule has 4 aliphatic rings. The van der Waals surface area contributed by atoms with E-state index in [4.69, 9.17) is 139 Å². The van der Waals surface area contributed by atoms with E-state index < -0.39 is 75.7 Å². The van der Waals surface area contributed by atoms with Crippen molar-refractivity contribution in [3.63, 3.8) is 0 Å². The van der Waals surface area contributed by atoms with Crippen LogP contribution < -0.4 is 0 Å². The predicted octanol–water partition coefficient (Wildman–Crippen LogP) is 6.47. The van der Waals surface area contributed by atoms with E-state index in [0.29, 0.717) is 0 Å². The number of fused-ring (bicyclic) bond motifs is 4. The van der Waals surface area contributed by atoms with Crippen molar-refractivity contribution in [3.8, 4) is 0 Å². The number of aliphatic carboxylic acids is 4. The maximum Gasteiger partial charge on any atom is 0.309 e. The Labute approximate surface area is 272 Å². The van der Waals surface area contributed by atoms with Gasteiger partial charge in [0.05, 0.1) is 43.8 Å². The number of rotatable bonds is 4. The molecule has 8 nitrogen and oxygen atoms in total. The quantitative estimate of drug-likeness (QED) is 0.238. The molecule has 20 heteroatoms. The van der Waals surface area contributed by atoms with Gasteiger partial charge in [-0.25, -0.2) is 0 Å². The van der Waals surface area contributed by atoms with E-state index in [2.05, 4.69) is 0 Å². The minimum atomic E-state index is -2.18. The third-order valence-corrected chi connectivity index (χ3v) is 15.5. The second-order valence-electron chi connectivity index (χ2n) is 8.52. The summed E-state index contributed by atoms with van der Waals surface area (Å²) < 4.78 is -4.35. The fourth-order valence-electron chi connectivity index (χ4n) is 5.22. The molecular formula is C18H8Cl12O8. The highest BCUT2D eigenvalue weighted by Crippen LogP contribution is 2.77. The average molecular weight is 778 g/mol. The van der Waals surface area contributed by atoms with Gasteiger partial charge in [0.2, 0.25) is 0 Å². The van der Waals surface area contributed by atoms with Crippen LogP contribution in [0.5, 0.6) is 0 Å². The first kappa shape index (κ1) is 33.3. The summed E-state index contributed by atoms with van der Waals surface area (Å²) in [5.74, 6) is -13.0. The van der Waals surface area contributed by atoms with E-state index >= 15 is 0 Å². The van der Waals surface area contributed by atoms with Crippen molar-refractivity contribution in [3.05, 3.63) is 20.1 Å². The van der Waals surface area contributed by atoms with Gasteiger partial charge >= 0.3 is 23.9 Å². The van der Waals surface area contributed by atoms with Crippen molar-refractivity contribution >= 4 is 163 Å². The van der Waals surface area contributed by atoms with Crippen LogP contribution in [0.3, 0.4) is 0 Å². The number of carboxylic acid groups (broad SMARTS) is 4. The third-order valence-electron chi connectivity index (χ3n) is 6.94. The first-order chi connectivity index (χ1) is 16.9. The Morgan fingerprint density at radius 1 is 0.421 bits per heavy atom. The molecule has 4 aliphatic carbocycles. The lowest BCUT2D eigenvalue weighted by Gasteiger charge is -2.31. The fourth-order valence-corrected chi connectivity index (χ4v) is 11.1. The minimum absolute atomic E-state index is 0.347. The molecule has 2 fully saturated rings. The van der Waals surface area contributed by atoms with Crippen LogP contribution in [0.4, 0.5) is 0 Å². The highest BCUT2D eigenvalue weighted by Gasteiger charge is 2.86. The van der Waals surface area contributed by atoms with Crippen molar-refractivity contribution in [2.75, 3.05) is 0 Å². The summed E-state index contributed by atoms with van der Waals surface area (Å²) in [6, 6.07) is 0. The number of carbonyl (C=O) groups is 4. The van der Waals surface area contributed by atoms with E-state index in [9.17, 15) is 39.6 Å². The topological polar surface area (TPSA) is 149 Å². The van der Waals surface area contributed by atoms with Gasteiger partial charge in [-0.1, -0.05) is 92.8 Å². The summed E-state index contributed by atoms with van der Waals surface area (Å²) in [5.41, 5.74) is 0. The summed E-state index contributed by atoms with van der Waals surface area (Å²) in [4.78, 5) is 37.0. The van der Waals surface area contributed by atoms with Crippen LogP contribution in [0.15, 0.2) is 20.1 Å². The summed E-state index contributed by atoms with van der Waals surface area (Å²) in [6.45, 7) is 0. The van der Waals surface area contributed by atoms with Crippen LogP contribution >= 0.6 is 139 Å². The van der Waals surface area contributed by atoms with Gasteiger partial charge in [-0.15, -0.1) is 46.4 Å². The number of carboxylic acids is 4. The Kier molecular flexibility index (Phi) is 8.49. The monoisotopic (exact) mass is 772 g/mol. The zero-order chi connectivity index (χ0) is 29.9. The van der Waals surface area contributed by atoms with Crippen LogP contribution in [0.2, 0.25) is 0 Å². The number of hydrogen-bond acceptors (Lipinski definition) is 4. The Hall–Kier alpha value is 0.840. The lowest BCUT2D eigenvalue weighted by Crippen LogP contribution is -2.45. The van der Waals surface area contributed by atoms with Gasteiger partial charge in [0.15, 0.2) is 8.67 Å². The molecule has 0 radical (unpaired) electrons. The molecule has 212 valence electrons. The lowest BCUT2D eigenvalue weighted by molar-refractivity contribution is -0.153. The summed E-state index contributed by atoms with van der Waals surface area (Å²) in [7, 11) is 0. The third kappa shape index (κ3) is 3.47. The van der Waals surface area contributed by atoms with E-state index in [1.807, 2.05) is 0 Å². The molecule has 2 saturated carbocycles. The molecule has 4 rings (SSSR count). The van der Waals surface area contributed by atoms with Crippen LogP contribution in [0.25, 0.3) is 0 Å². The Morgan fingerprint density at radius 2 is 0.553 bits per heavy atom. The average Bonchev–Trinajstić information content (AvgIpc) is 3.12. The second kappa shape index (κ2) is 9.68. The van der Waals surface area contributed by atoms with Crippen LogP contribution in [0.1, 0.15) is 0 Å². The van der Waals surface area contributed by atoms with Crippen molar-refractivity contribution in [1.82, 2.24) is 0 Å². The van der Waals surface area contributed by atoms with E-state index in [-0.39, 0.29) is 20.1 Å². The van der Waals surface area contributed by atoms with Gasteiger partial charge in [-0.05, 0) is 0 Å². The highest BCUT2D eigenvalue weighted by molar-refractivity contribution is 6.67. The van der Waals surface area contributed by atoms with Crippen molar-refractivity contribution in [2.24, 2.45) is 23.7 Å². The molecule has 0 aliphatic heterocycles. The van der Waals surface area contributed by atoms with Crippen molar-refractivity contribution in [1.29, 1.82) is 0 Å². The number of hydrogen-bond donors (Lipinski definition) is 4. The summed E-state index contributed by atoms with van der Waals surface area (Å²) in [6.07, 6.45) is 0. The van der Waals surface area contributed by atoms with Gasteiger partial charge < -0.3 is 20.4 Å². The Balaban J connectivity index is 0.000000211. The lowest BCUT2D eigenvalue weighted by atomic mass is 9.82.